The lowest BCUT2D eigenvalue weighted by molar-refractivity contribution is 0.0950. The highest BCUT2D eigenvalue weighted by atomic mass is 127. The molecule has 0 saturated heterocycles. The van der Waals surface area contributed by atoms with Crippen molar-refractivity contribution in [1.82, 2.24) is 5.32 Å². The van der Waals surface area contributed by atoms with E-state index in [9.17, 15) is 9.90 Å². The molecule has 100 valence electrons. The molecule has 0 bridgehead atoms. The zero-order chi connectivity index (χ0) is 13.4. The summed E-state index contributed by atoms with van der Waals surface area (Å²) < 4.78 is 1.17. The summed E-state index contributed by atoms with van der Waals surface area (Å²) in [6.07, 6.45) is 4.45. The van der Waals surface area contributed by atoms with Gasteiger partial charge in [0.15, 0.2) is 0 Å². The van der Waals surface area contributed by atoms with Crippen LogP contribution in [0.3, 0.4) is 0 Å². The van der Waals surface area contributed by atoms with Crippen LogP contribution in [-0.2, 0) is 0 Å². The molecule has 18 heavy (non-hydrogen) atoms. The summed E-state index contributed by atoms with van der Waals surface area (Å²) in [5.74, 6) is -0.554. The van der Waals surface area contributed by atoms with E-state index in [4.69, 9.17) is 5.11 Å². The second-order valence-electron chi connectivity index (χ2n) is 4.06. The maximum Gasteiger partial charge on any atom is 0.255 e. The summed E-state index contributed by atoms with van der Waals surface area (Å²) in [5, 5.41) is 21.4. The number of phenolic OH excluding ortho intramolecular Hbond substituents is 2. The summed E-state index contributed by atoms with van der Waals surface area (Å²) in [4.78, 5) is 11.7. The van der Waals surface area contributed by atoms with Crippen LogP contribution in [0.2, 0.25) is 0 Å². The molecule has 0 aliphatic heterocycles. The van der Waals surface area contributed by atoms with Gasteiger partial charge >= 0.3 is 0 Å². The van der Waals surface area contributed by atoms with Crippen molar-refractivity contribution in [2.75, 3.05) is 11.0 Å². The average Bonchev–Trinajstić information content (AvgIpc) is 2.33. The molecule has 4 nitrogen and oxygen atoms in total. The van der Waals surface area contributed by atoms with Crippen LogP contribution in [0.1, 0.15) is 36.0 Å². The van der Waals surface area contributed by atoms with E-state index in [1.165, 1.54) is 29.4 Å². The Labute approximate surface area is 121 Å². The number of carbonyl (C=O) groups is 1. The van der Waals surface area contributed by atoms with Crippen LogP contribution in [0.4, 0.5) is 0 Å². The van der Waals surface area contributed by atoms with E-state index >= 15 is 0 Å². The van der Waals surface area contributed by atoms with Gasteiger partial charge in [-0.15, -0.1) is 0 Å². The Balaban J connectivity index is 2.32. The molecule has 0 aliphatic carbocycles. The van der Waals surface area contributed by atoms with Crippen molar-refractivity contribution in [2.24, 2.45) is 0 Å². The number of carbonyl (C=O) groups excluding carboxylic acids is 1. The maximum absolute atomic E-state index is 11.7. The smallest absolute Gasteiger partial charge is 0.255 e. The lowest BCUT2D eigenvalue weighted by Gasteiger charge is -2.07. The van der Waals surface area contributed by atoms with Gasteiger partial charge in [-0.2, -0.15) is 0 Å². The van der Waals surface area contributed by atoms with E-state index in [-0.39, 0.29) is 23.0 Å². The molecule has 0 spiro atoms. The van der Waals surface area contributed by atoms with Gasteiger partial charge in [0.25, 0.3) is 5.91 Å². The minimum absolute atomic E-state index is 0.0529. The van der Waals surface area contributed by atoms with E-state index in [0.717, 1.165) is 18.9 Å². The van der Waals surface area contributed by atoms with Crippen molar-refractivity contribution in [3.05, 3.63) is 23.8 Å². The van der Waals surface area contributed by atoms with Crippen molar-refractivity contribution in [1.29, 1.82) is 0 Å². The molecule has 1 aromatic carbocycles. The molecule has 1 rings (SSSR count). The number of nitrogens with one attached hydrogen (secondary N) is 1. The normalized spacial score (nSPS) is 10.3. The lowest BCUT2D eigenvalue weighted by Crippen LogP contribution is -2.24. The highest BCUT2D eigenvalue weighted by Crippen LogP contribution is 2.22. The molecule has 1 aromatic rings. The van der Waals surface area contributed by atoms with Crippen LogP contribution < -0.4 is 5.32 Å². The highest BCUT2D eigenvalue weighted by molar-refractivity contribution is 14.1. The van der Waals surface area contributed by atoms with Gasteiger partial charge in [0.1, 0.15) is 11.5 Å². The number of unbranched alkanes of at least 4 members (excludes halogenated alkanes) is 3. The Bertz CT molecular complexity index is 396. The van der Waals surface area contributed by atoms with E-state index < -0.39 is 0 Å². The third kappa shape index (κ3) is 5.12. The zero-order valence-corrected chi connectivity index (χ0v) is 12.3. The number of benzene rings is 1. The number of aromatic hydroxyl groups is 2. The van der Waals surface area contributed by atoms with Gasteiger partial charge in [-0.1, -0.05) is 35.4 Å². The van der Waals surface area contributed by atoms with E-state index in [0.29, 0.717) is 6.54 Å². The molecule has 0 atom stereocenters. The van der Waals surface area contributed by atoms with Gasteiger partial charge < -0.3 is 15.5 Å². The molecular formula is C13H18INO3. The van der Waals surface area contributed by atoms with E-state index in [1.54, 1.807) is 0 Å². The first-order valence-electron chi connectivity index (χ1n) is 6.01. The molecular weight excluding hydrogens is 345 g/mol. The Morgan fingerprint density at radius 1 is 1.17 bits per heavy atom. The minimum atomic E-state index is -0.304. The fraction of sp³-hybridized carbons (Fsp3) is 0.462. The summed E-state index contributed by atoms with van der Waals surface area (Å²) in [5.41, 5.74) is 0.195. The first kappa shape index (κ1) is 15.1. The van der Waals surface area contributed by atoms with Crippen molar-refractivity contribution in [2.45, 2.75) is 25.7 Å². The summed E-state index contributed by atoms with van der Waals surface area (Å²) in [6.45, 7) is 0.612. The van der Waals surface area contributed by atoms with Gasteiger partial charge in [0.2, 0.25) is 0 Å². The number of hydrogen-bond acceptors (Lipinski definition) is 3. The molecule has 0 aliphatic rings. The second-order valence-corrected chi connectivity index (χ2v) is 5.14. The Morgan fingerprint density at radius 3 is 2.56 bits per heavy atom. The molecule has 0 radical (unpaired) electrons. The van der Waals surface area contributed by atoms with Crippen molar-refractivity contribution in [3.8, 4) is 11.5 Å². The van der Waals surface area contributed by atoms with Gasteiger partial charge in [0, 0.05) is 12.6 Å². The third-order valence-corrected chi connectivity index (χ3v) is 3.33. The van der Waals surface area contributed by atoms with Crippen LogP contribution in [0.15, 0.2) is 18.2 Å². The van der Waals surface area contributed by atoms with E-state index in [2.05, 4.69) is 27.9 Å². The number of hydrogen-bond donors (Lipinski definition) is 3. The summed E-state index contributed by atoms with van der Waals surface area (Å²) >= 11 is 2.36. The summed E-state index contributed by atoms with van der Waals surface area (Å²) in [7, 11) is 0. The third-order valence-electron chi connectivity index (χ3n) is 2.57. The van der Waals surface area contributed by atoms with Crippen molar-refractivity contribution >= 4 is 28.5 Å². The first-order chi connectivity index (χ1) is 8.65. The monoisotopic (exact) mass is 363 g/mol. The van der Waals surface area contributed by atoms with Crippen LogP contribution in [0, 0.1) is 0 Å². The highest BCUT2D eigenvalue weighted by Gasteiger charge is 2.10. The average molecular weight is 363 g/mol. The topological polar surface area (TPSA) is 69.6 Å². The van der Waals surface area contributed by atoms with Gasteiger partial charge in [-0.3, -0.25) is 4.79 Å². The molecule has 0 unspecified atom stereocenters. The van der Waals surface area contributed by atoms with Crippen molar-refractivity contribution in [3.63, 3.8) is 0 Å². The van der Waals surface area contributed by atoms with Crippen LogP contribution >= 0.6 is 22.6 Å². The van der Waals surface area contributed by atoms with Crippen LogP contribution in [0.5, 0.6) is 11.5 Å². The molecule has 0 fully saturated rings. The first-order valence-corrected chi connectivity index (χ1v) is 7.54. The van der Waals surface area contributed by atoms with Crippen LogP contribution in [0.25, 0.3) is 0 Å². The Hall–Kier alpha value is -0.980. The lowest BCUT2D eigenvalue weighted by atomic mass is 10.1. The van der Waals surface area contributed by atoms with Gasteiger partial charge in [0.05, 0.1) is 5.56 Å². The molecule has 0 saturated carbocycles. The van der Waals surface area contributed by atoms with Gasteiger partial charge in [-0.25, -0.2) is 0 Å². The Kier molecular flexibility index (Phi) is 6.85. The number of alkyl halides is 1. The number of amides is 1. The quantitative estimate of drug-likeness (QED) is 0.396. The summed E-state index contributed by atoms with van der Waals surface area (Å²) in [6, 6.07) is 3.96. The Morgan fingerprint density at radius 2 is 1.89 bits per heavy atom. The molecule has 5 heteroatoms. The van der Waals surface area contributed by atoms with E-state index in [1.807, 2.05) is 0 Å². The predicted octanol–water partition coefficient (Wildman–Crippen LogP) is 2.82. The molecule has 3 N–H and O–H groups in total. The molecule has 0 aromatic heterocycles. The maximum atomic E-state index is 11.7. The number of phenols is 2. The molecule has 1 amide bonds. The van der Waals surface area contributed by atoms with Crippen molar-refractivity contribution < 1.29 is 15.0 Å². The number of rotatable bonds is 7. The predicted molar refractivity (Wildman–Crippen MR) is 79.5 cm³/mol. The SMILES string of the molecule is O=C(NCCCCCCI)c1ccc(O)cc1O. The fourth-order valence-electron chi connectivity index (χ4n) is 1.58. The second kappa shape index (κ2) is 8.18. The van der Waals surface area contributed by atoms with Gasteiger partial charge in [-0.05, 0) is 29.4 Å². The minimum Gasteiger partial charge on any atom is -0.508 e. The largest absolute Gasteiger partial charge is 0.508 e. The standard InChI is InChI=1S/C13H18INO3/c14-7-3-1-2-4-8-15-13(18)11-6-5-10(16)9-12(11)17/h5-6,9,16-17H,1-4,7-8H2,(H,15,18). The van der Waals surface area contributed by atoms with Crippen LogP contribution in [-0.4, -0.2) is 27.1 Å². The molecule has 0 heterocycles. The fourth-order valence-corrected chi connectivity index (χ4v) is 2.12. The number of halogens is 1. The zero-order valence-electron chi connectivity index (χ0n) is 10.2.